The summed E-state index contributed by atoms with van der Waals surface area (Å²) in [4.78, 5) is 0.259. The molecule has 20 heavy (non-hydrogen) atoms. The fraction of sp³-hybridized carbons (Fsp3) is 0.429. The standard InChI is InChI=1S/C14H18N2O3S/c15-8-1-2-12-3-5-14(6-4-12)20(18,19)16-9-7-13(10-16)11-17/h3-6,13,17H,7-11,15H2. The van der Waals surface area contributed by atoms with Gasteiger partial charge in [-0.1, -0.05) is 11.8 Å². The van der Waals surface area contributed by atoms with Crippen molar-refractivity contribution in [3.8, 4) is 11.8 Å². The number of nitrogens with zero attached hydrogens (tertiary/aromatic N) is 1. The minimum atomic E-state index is -3.47. The highest BCUT2D eigenvalue weighted by Gasteiger charge is 2.31. The van der Waals surface area contributed by atoms with Crippen LogP contribution in [0.4, 0.5) is 0 Å². The fourth-order valence-corrected chi connectivity index (χ4v) is 3.71. The zero-order chi connectivity index (χ0) is 14.6. The van der Waals surface area contributed by atoms with Gasteiger partial charge in [0.05, 0.1) is 11.4 Å². The molecule has 0 amide bonds. The van der Waals surface area contributed by atoms with Crippen molar-refractivity contribution in [2.75, 3.05) is 26.2 Å². The zero-order valence-corrected chi connectivity index (χ0v) is 11.9. The van der Waals surface area contributed by atoms with Crippen LogP contribution in [0, 0.1) is 17.8 Å². The second-order valence-corrected chi connectivity index (χ2v) is 6.67. The third-order valence-corrected chi connectivity index (χ3v) is 5.21. The van der Waals surface area contributed by atoms with E-state index in [0.29, 0.717) is 19.5 Å². The minimum absolute atomic E-state index is 0.0274. The second-order valence-electron chi connectivity index (χ2n) is 4.73. The summed E-state index contributed by atoms with van der Waals surface area (Å²) in [6.45, 7) is 1.14. The molecule has 1 unspecified atom stereocenters. The number of aliphatic hydroxyl groups excluding tert-OH is 1. The monoisotopic (exact) mass is 294 g/mol. The fourth-order valence-electron chi connectivity index (χ4n) is 2.18. The Labute approximate surface area is 119 Å². The number of hydrogen-bond acceptors (Lipinski definition) is 4. The van der Waals surface area contributed by atoms with Crippen LogP contribution in [-0.4, -0.2) is 44.1 Å². The van der Waals surface area contributed by atoms with Crippen molar-refractivity contribution >= 4 is 10.0 Å². The first-order valence-electron chi connectivity index (χ1n) is 6.48. The molecule has 0 bridgehead atoms. The van der Waals surface area contributed by atoms with Gasteiger partial charge in [-0.2, -0.15) is 4.31 Å². The Morgan fingerprint density at radius 1 is 1.35 bits per heavy atom. The Kier molecular flexibility index (Phi) is 4.78. The molecule has 1 aliphatic heterocycles. The normalized spacial score (nSPS) is 19.6. The van der Waals surface area contributed by atoms with Crippen LogP contribution < -0.4 is 5.73 Å². The van der Waals surface area contributed by atoms with Crippen molar-refractivity contribution in [3.63, 3.8) is 0 Å². The lowest BCUT2D eigenvalue weighted by Crippen LogP contribution is -2.29. The summed E-state index contributed by atoms with van der Waals surface area (Å²) >= 11 is 0. The van der Waals surface area contributed by atoms with E-state index in [1.54, 1.807) is 24.3 Å². The maximum absolute atomic E-state index is 12.4. The third-order valence-electron chi connectivity index (χ3n) is 3.33. The first-order valence-corrected chi connectivity index (χ1v) is 7.92. The summed E-state index contributed by atoms with van der Waals surface area (Å²) in [5, 5.41) is 9.09. The number of rotatable bonds is 3. The van der Waals surface area contributed by atoms with E-state index in [4.69, 9.17) is 10.8 Å². The van der Waals surface area contributed by atoms with Gasteiger partial charge in [0.2, 0.25) is 10.0 Å². The molecule has 1 fully saturated rings. The molecule has 1 aliphatic rings. The average Bonchev–Trinajstić information content (AvgIpc) is 2.95. The molecular formula is C14H18N2O3S. The lowest BCUT2D eigenvalue weighted by atomic mass is 10.1. The van der Waals surface area contributed by atoms with Gasteiger partial charge in [-0.3, -0.25) is 0 Å². The average molecular weight is 294 g/mol. The molecule has 6 heteroatoms. The number of aliphatic hydroxyl groups is 1. The van der Waals surface area contributed by atoms with Gasteiger partial charge < -0.3 is 10.8 Å². The van der Waals surface area contributed by atoms with Gasteiger partial charge in [-0.05, 0) is 36.6 Å². The summed E-state index contributed by atoms with van der Waals surface area (Å²) in [6, 6.07) is 6.47. The summed E-state index contributed by atoms with van der Waals surface area (Å²) < 4.78 is 26.2. The molecule has 1 saturated heterocycles. The molecular weight excluding hydrogens is 276 g/mol. The van der Waals surface area contributed by atoms with Crippen LogP contribution in [0.5, 0.6) is 0 Å². The van der Waals surface area contributed by atoms with Crippen LogP contribution in [0.1, 0.15) is 12.0 Å². The highest BCUT2D eigenvalue weighted by Crippen LogP contribution is 2.24. The summed E-state index contributed by atoms with van der Waals surface area (Å²) in [6.07, 6.45) is 0.704. The summed E-state index contributed by atoms with van der Waals surface area (Å²) in [5.74, 6) is 5.61. The van der Waals surface area contributed by atoms with E-state index in [9.17, 15) is 8.42 Å². The lowest BCUT2D eigenvalue weighted by molar-refractivity contribution is 0.233. The molecule has 2 rings (SSSR count). The predicted molar refractivity (Wildman–Crippen MR) is 76.3 cm³/mol. The van der Waals surface area contributed by atoms with E-state index in [1.807, 2.05) is 0 Å². The summed E-state index contributed by atoms with van der Waals surface area (Å²) in [5.41, 5.74) is 6.03. The van der Waals surface area contributed by atoms with Crippen molar-refractivity contribution < 1.29 is 13.5 Å². The highest BCUT2D eigenvalue weighted by molar-refractivity contribution is 7.89. The van der Waals surface area contributed by atoms with E-state index in [1.165, 1.54) is 4.31 Å². The van der Waals surface area contributed by atoms with Crippen molar-refractivity contribution in [1.82, 2.24) is 4.31 Å². The van der Waals surface area contributed by atoms with Gasteiger partial charge in [0.1, 0.15) is 0 Å². The first-order chi connectivity index (χ1) is 9.57. The molecule has 0 aromatic heterocycles. The molecule has 5 nitrogen and oxygen atoms in total. The van der Waals surface area contributed by atoms with Gasteiger partial charge in [-0.15, -0.1) is 0 Å². The number of benzene rings is 1. The number of hydrogen-bond donors (Lipinski definition) is 2. The maximum Gasteiger partial charge on any atom is 0.243 e. The molecule has 1 heterocycles. The van der Waals surface area contributed by atoms with Crippen molar-refractivity contribution in [2.24, 2.45) is 11.7 Å². The first kappa shape index (κ1) is 15.0. The molecule has 0 saturated carbocycles. The van der Waals surface area contributed by atoms with Gasteiger partial charge in [0.15, 0.2) is 0 Å². The van der Waals surface area contributed by atoms with E-state index in [2.05, 4.69) is 11.8 Å². The van der Waals surface area contributed by atoms with Crippen LogP contribution in [0.25, 0.3) is 0 Å². The summed E-state index contributed by atoms with van der Waals surface area (Å²) in [7, 11) is -3.47. The largest absolute Gasteiger partial charge is 0.396 e. The Bertz CT molecular complexity index is 614. The van der Waals surface area contributed by atoms with E-state index in [-0.39, 0.29) is 24.0 Å². The lowest BCUT2D eigenvalue weighted by Gasteiger charge is -2.16. The zero-order valence-electron chi connectivity index (χ0n) is 11.1. The quantitative estimate of drug-likeness (QED) is 0.769. The second kappa shape index (κ2) is 6.37. The Morgan fingerprint density at radius 3 is 2.60 bits per heavy atom. The smallest absolute Gasteiger partial charge is 0.243 e. The maximum atomic E-state index is 12.4. The van der Waals surface area contributed by atoms with Crippen LogP contribution in [-0.2, 0) is 10.0 Å². The molecule has 0 aliphatic carbocycles. The van der Waals surface area contributed by atoms with Crippen molar-refractivity contribution in [2.45, 2.75) is 11.3 Å². The van der Waals surface area contributed by atoms with E-state index >= 15 is 0 Å². The van der Waals surface area contributed by atoms with Crippen LogP contribution in [0.2, 0.25) is 0 Å². The van der Waals surface area contributed by atoms with Gasteiger partial charge in [-0.25, -0.2) is 8.42 Å². The Morgan fingerprint density at radius 2 is 2.05 bits per heavy atom. The Balaban J connectivity index is 2.18. The topological polar surface area (TPSA) is 83.6 Å². The molecule has 108 valence electrons. The van der Waals surface area contributed by atoms with E-state index in [0.717, 1.165) is 5.56 Å². The van der Waals surface area contributed by atoms with Crippen LogP contribution >= 0.6 is 0 Å². The minimum Gasteiger partial charge on any atom is -0.396 e. The molecule has 1 aromatic rings. The highest BCUT2D eigenvalue weighted by atomic mass is 32.2. The Hall–Kier alpha value is -1.39. The van der Waals surface area contributed by atoms with Crippen molar-refractivity contribution in [3.05, 3.63) is 29.8 Å². The molecule has 0 radical (unpaired) electrons. The van der Waals surface area contributed by atoms with Crippen LogP contribution in [0.15, 0.2) is 29.2 Å². The van der Waals surface area contributed by atoms with Gasteiger partial charge >= 0.3 is 0 Å². The van der Waals surface area contributed by atoms with Gasteiger partial charge in [0, 0.05) is 25.3 Å². The predicted octanol–water partition coefficient (Wildman–Crippen LogP) is -0.000300. The van der Waals surface area contributed by atoms with E-state index < -0.39 is 10.0 Å². The third kappa shape index (κ3) is 3.19. The molecule has 1 aromatic carbocycles. The van der Waals surface area contributed by atoms with Gasteiger partial charge in [0.25, 0.3) is 0 Å². The van der Waals surface area contributed by atoms with Crippen LogP contribution in [0.3, 0.4) is 0 Å². The van der Waals surface area contributed by atoms with Crippen molar-refractivity contribution in [1.29, 1.82) is 0 Å². The molecule has 1 atom stereocenters. The molecule has 0 spiro atoms. The SMILES string of the molecule is NCC#Cc1ccc(S(=O)(=O)N2CCC(CO)C2)cc1. The number of sulfonamides is 1. The number of nitrogens with two attached hydrogens (primary N) is 1. The molecule has 3 N–H and O–H groups in total.